The summed E-state index contributed by atoms with van der Waals surface area (Å²) < 4.78 is 0. The zero-order chi connectivity index (χ0) is 14.1. The second kappa shape index (κ2) is 7.66. The van der Waals surface area contributed by atoms with Gasteiger partial charge in [0.1, 0.15) is 0 Å². The fraction of sp³-hybridized carbons (Fsp3) is 0.0667. The molecule has 0 bridgehead atoms. The van der Waals surface area contributed by atoms with Gasteiger partial charge in [0.05, 0.1) is 6.42 Å². The molecule has 0 atom stereocenters. The monoisotopic (exact) mass is 257 g/mol. The smallest absolute Gasteiger partial charge is 0.307 e. The molecule has 0 aliphatic carbocycles. The number of carboxylic acid groups (broad SMARTS) is 1. The van der Waals surface area contributed by atoms with Crippen molar-refractivity contribution in [3.05, 3.63) is 60.2 Å². The first-order valence-corrected chi connectivity index (χ1v) is 5.69. The van der Waals surface area contributed by atoms with E-state index < -0.39 is 5.97 Å². The normalized spacial score (nSPS) is 9.05. The van der Waals surface area contributed by atoms with Gasteiger partial charge in [-0.1, -0.05) is 54.6 Å². The molecule has 19 heavy (non-hydrogen) atoms. The maximum atomic E-state index is 10.5. The minimum absolute atomic E-state index is 0.0784. The highest BCUT2D eigenvalue weighted by atomic mass is 16.4. The molecule has 0 aliphatic rings. The van der Waals surface area contributed by atoms with Crippen molar-refractivity contribution in [3.63, 3.8) is 0 Å². The van der Waals surface area contributed by atoms with Crippen molar-refractivity contribution in [1.29, 1.82) is 0 Å². The highest BCUT2D eigenvalue weighted by Gasteiger charge is 2.01. The molecule has 0 radical (unpaired) electrons. The van der Waals surface area contributed by atoms with Crippen LogP contribution in [-0.4, -0.2) is 17.5 Å². The van der Waals surface area contributed by atoms with Crippen molar-refractivity contribution in [2.24, 2.45) is 5.73 Å². The topological polar surface area (TPSA) is 80.4 Å². The van der Waals surface area contributed by atoms with E-state index in [2.05, 4.69) is 5.73 Å². The van der Waals surface area contributed by atoms with Gasteiger partial charge in [0, 0.05) is 0 Å². The molecule has 98 valence electrons. The van der Waals surface area contributed by atoms with E-state index in [1.165, 1.54) is 0 Å². The van der Waals surface area contributed by atoms with E-state index in [9.17, 15) is 4.79 Å². The molecule has 3 N–H and O–H groups in total. The van der Waals surface area contributed by atoms with Crippen LogP contribution >= 0.6 is 0 Å². The van der Waals surface area contributed by atoms with E-state index in [0.717, 1.165) is 16.7 Å². The van der Waals surface area contributed by atoms with E-state index in [4.69, 9.17) is 9.90 Å². The lowest BCUT2D eigenvalue weighted by atomic mass is 10.0. The highest BCUT2D eigenvalue weighted by molar-refractivity contribution is 5.71. The van der Waals surface area contributed by atoms with Crippen LogP contribution in [0.15, 0.2) is 54.6 Å². The summed E-state index contributed by atoms with van der Waals surface area (Å²) in [4.78, 5) is 19.1. The Hall–Kier alpha value is -2.62. The molecule has 0 saturated carbocycles. The number of benzene rings is 2. The number of hydrogen-bond acceptors (Lipinski definition) is 2. The Balaban J connectivity index is 0.000000550. The number of rotatable bonds is 3. The fourth-order valence-corrected chi connectivity index (χ4v) is 1.62. The average molecular weight is 257 g/mol. The van der Waals surface area contributed by atoms with Crippen LogP contribution in [0, 0.1) is 0 Å². The number of carboxylic acids is 1. The molecule has 0 saturated heterocycles. The lowest BCUT2D eigenvalue weighted by molar-refractivity contribution is -0.136. The molecule has 0 unspecified atom stereocenters. The van der Waals surface area contributed by atoms with E-state index in [1.807, 2.05) is 54.6 Å². The van der Waals surface area contributed by atoms with Gasteiger partial charge in [-0.3, -0.25) is 9.59 Å². The van der Waals surface area contributed by atoms with Crippen LogP contribution in [0.2, 0.25) is 0 Å². The predicted molar refractivity (Wildman–Crippen MR) is 73.5 cm³/mol. The summed E-state index contributed by atoms with van der Waals surface area (Å²) >= 11 is 0. The second-order valence-corrected chi connectivity index (χ2v) is 3.77. The van der Waals surface area contributed by atoms with Crippen molar-refractivity contribution < 1.29 is 14.7 Å². The van der Waals surface area contributed by atoms with Gasteiger partial charge >= 0.3 is 5.97 Å². The molecule has 0 spiro atoms. The second-order valence-electron chi connectivity index (χ2n) is 3.77. The van der Waals surface area contributed by atoms with Crippen LogP contribution in [0.1, 0.15) is 5.56 Å². The summed E-state index contributed by atoms with van der Waals surface area (Å²) in [5.74, 6) is -0.799. The van der Waals surface area contributed by atoms with Gasteiger partial charge < -0.3 is 10.8 Å². The van der Waals surface area contributed by atoms with E-state index in [0.29, 0.717) is 0 Å². The quantitative estimate of drug-likeness (QED) is 0.826. The highest BCUT2D eigenvalue weighted by Crippen LogP contribution is 2.19. The van der Waals surface area contributed by atoms with Crippen LogP contribution < -0.4 is 5.73 Å². The molecule has 2 rings (SSSR count). The summed E-state index contributed by atoms with van der Waals surface area (Å²) in [7, 11) is 0. The summed E-state index contributed by atoms with van der Waals surface area (Å²) in [5.41, 5.74) is 7.24. The number of nitrogens with two attached hydrogens (primary N) is 1. The third-order valence-corrected chi connectivity index (χ3v) is 2.42. The van der Waals surface area contributed by atoms with E-state index in [-0.39, 0.29) is 12.8 Å². The minimum atomic E-state index is -0.799. The van der Waals surface area contributed by atoms with Gasteiger partial charge in [-0.15, -0.1) is 0 Å². The van der Waals surface area contributed by atoms with Crippen LogP contribution in [-0.2, 0) is 16.0 Å². The van der Waals surface area contributed by atoms with E-state index in [1.54, 1.807) is 0 Å². The van der Waals surface area contributed by atoms with Gasteiger partial charge in [0.2, 0.25) is 6.41 Å². The predicted octanol–water partition coefficient (Wildman–Crippen LogP) is 2.08. The van der Waals surface area contributed by atoms with Gasteiger partial charge in [-0.05, 0) is 16.7 Å². The molecule has 4 nitrogen and oxygen atoms in total. The molecule has 0 heterocycles. The van der Waals surface area contributed by atoms with Crippen molar-refractivity contribution in [3.8, 4) is 11.1 Å². The molecule has 0 fully saturated rings. The number of amides is 1. The zero-order valence-electron chi connectivity index (χ0n) is 10.3. The van der Waals surface area contributed by atoms with Crippen LogP contribution in [0.5, 0.6) is 0 Å². The van der Waals surface area contributed by atoms with Crippen molar-refractivity contribution in [1.82, 2.24) is 0 Å². The molecule has 2 aromatic carbocycles. The Labute approximate surface area is 111 Å². The molecule has 0 aliphatic heterocycles. The first-order valence-electron chi connectivity index (χ1n) is 5.69. The Morgan fingerprint density at radius 1 is 1.00 bits per heavy atom. The van der Waals surface area contributed by atoms with Crippen LogP contribution in [0.25, 0.3) is 11.1 Å². The summed E-state index contributed by atoms with van der Waals surface area (Å²) in [6, 6.07) is 17.6. The van der Waals surface area contributed by atoms with Crippen molar-refractivity contribution >= 4 is 12.4 Å². The maximum absolute atomic E-state index is 10.5. The number of aliphatic carboxylic acids is 1. The Kier molecular flexibility index (Phi) is 5.82. The molecular weight excluding hydrogens is 242 g/mol. The standard InChI is InChI=1S/C14H12O2.CH3NO/c15-14(16)10-11-6-8-13(9-7-11)12-4-2-1-3-5-12;2-1-3/h1-9H,10H2,(H,15,16);1H,(H2,2,3). The third kappa shape index (κ3) is 5.04. The summed E-state index contributed by atoms with van der Waals surface area (Å²) in [6.45, 7) is 0. The molecule has 4 heteroatoms. The minimum Gasteiger partial charge on any atom is -0.481 e. The average Bonchev–Trinajstić information content (AvgIpc) is 2.41. The summed E-state index contributed by atoms with van der Waals surface area (Å²) in [6.07, 6.45) is 0.328. The van der Waals surface area contributed by atoms with Crippen LogP contribution in [0.3, 0.4) is 0 Å². The lowest BCUT2D eigenvalue weighted by Crippen LogP contribution is -1.99. The summed E-state index contributed by atoms with van der Waals surface area (Å²) in [5, 5.41) is 8.65. The molecule has 0 aromatic heterocycles. The molecule has 1 amide bonds. The van der Waals surface area contributed by atoms with Crippen LogP contribution in [0.4, 0.5) is 0 Å². The lowest BCUT2D eigenvalue weighted by Gasteiger charge is -2.02. The first kappa shape index (κ1) is 14.4. The number of carbonyl (C=O) groups is 2. The fourth-order valence-electron chi connectivity index (χ4n) is 1.62. The van der Waals surface area contributed by atoms with Gasteiger partial charge in [0.25, 0.3) is 0 Å². The van der Waals surface area contributed by atoms with Crippen molar-refractivity contribution in [2.45, 2.75) is 6.42 Å². The van der Waals surface area contributed by atoms with Gasteiger partial charge in [-0.25, -0.2) is 0 Å². The number of carbonyl (C=O) groups excluding carboxylic acids is 1. The number of primary amides is 1. The Bertz CT molecular complexity index is 521. The third-order valence-electron chi connectivity index (χ3n) is 2.42. The Morgan fingerprint density at radius 2 is 1.47 bits per heavy atom. The van der Waals surface area contributed by atoms with Gasteiger partial charge in [0.15, 0.2) is 0 Å². The SMILES string of the molecule is NC=O.O=C(O)Cc1ccc(-c2ccccc2)cc1. The van der Waals surface area contributed by atoms with E-state index >= 15 is 0 Å². The maximum Gasteiger partial charge on any atom is 0.307 e. The number of hydrogen-bond donors (Lipinski definition) is 2. The largest absolute Gasteiger partial charge is 0.481 e. The molecular formula is C15H15NO3. The molecule has 2 aromatic rings. The van der Waals surface area contributed by atoms with Crippen molar-refractivity contribution in [2.75, 3.05) is 0 Å². The first-order chi connectivity index (χ1) is 9.17. The Morgan fingerprint density at radius 3 is 1.95 bits per heavy atom. The zero-order valence-corrected chi connectivity index (χ0v) is 10.3. The van der Waals surface area contributed by atoms with Gasteiger partial charge in [-0.2, -0.15) is 0 Å².